The van der Waals surface area contributed by atoms with E-state index in [1.807, 2.05) is 0 Å². The van der Waals surface area contributed by atoms with Crippen molar-refractivity contribution in [3.63, 3.8) is 0 Å². The number of alkyl halides is 2. The van der Waals surface area contributed by atoms with Crippen LogP contribution in [0.5, 0.6) is 0 Å². The number of carbonyl (C=O) groups is 1. The lowest BCUT2D eigenvalue weighted by molar-refractivity contribution is -0.0221. The summed E-state index contributed by atoms with van der Waals surface area (Å²) >= 11 is 0. The molecule has 38 heavy (non-hydrogen) atoms. The minimum absolute atomic E-state index is 0.145. The highest BCUT2D eigenvalue weighted by molar-refractivity contribution is 7.92. The average molecular weight is 548 g/mol. The molecule has 0 radical (unpaired) electrons. The van der Waals surface area contributed by atoms with Crippen LogP contribution < -0.4 is 14.9 Å². The first kappa shape index (κ1) is 26.5. The number of aliphatic hydroxyl groups is 1. The Bertz CT molecular complexity index is 1350. The van der Waals surface area contributed by atoms with Gasteiger partial charge in [-0.05, 0) is 66.9 Å². The van der Waals surface area contributed by atoms with Crippen LogP contribution in [-0.4, -0.2) is 60.8 Å². The van der Waals surface area contributed by atoms with Crippen LogP contribution in [0, 0.1) is 5.41 Å². The number of allylic oxidation sites excluding steroid dienone is 2. The number of sulfonamides is 1. The number of rotatable bonds is 8. The number of aromatic nitrogens is 2. The monoisotopic (exact) mass is 547 g/mol. The lowest BCUT2D eigenvalue weighted by atomic mass is 9.83. The molecule has 0 bridgehead atoms. The van der Waals surface area contributed by atoms with Crippen molar-refractivity contribution >= 4 is 38.8 Å². The van der Waals surface area contributed by atoms with Crippen molar-refractivity contribution in [1.82, 2.24) is 9.97 Å². The van der Waals surface area contributed by atoms with Crippen molar-refractivity contribution in [3.8, 4) is 0 Å². The second-order valence-corrected chi connectivity index (χ2v) is 12.2. The third-order valence-electron chi connectivity index (χ3n) is 7.59. The zero-order chi connectivity index (χ0) is 27.0. The number of benzene rings is 1. The molecule has 2 fully saturated rings. The lowest BCUT2D eigenvalue weighted by Crippen LogP contribution is -2.39. The van der Waals surface area contributed by atoms with E-state index in [2.05, 4.69) is 26.1 Å². The van der Waals surface area contributed by atoms with Gasteiger partial charge >= 0.3 is 0 Å². The molecule has 1 saturated carbocycles. The van der Waals surface area contributed by atoms with Crippen LogP contribution in [0.1, 0.15) is 60.9 Å². The summed E-state index contributed by atoms with van der Waals surface area (Å²) in [6, 6.07) is 4.72. The van der Waals surface area contributed by atoms with Gasteiger partial charge in [-0.3, -0.25) is 14.5 Å². The number of nitrogens with zero attached hydrogens (tertiary/aromatic N) is 3. The highest BCUT2D eigenvalue weighted by Crippen LogP contribution is 2.56. The van der Waals surface area contributed by atoms with Crippen LogP contribution in [0.25, 0.3) is 5.57 Å². The molecule has 1 aromatic carbocycles. The SMILES string of the molecule is O=C(Nc1cncc(N2CCC(F)(F)CC2)n1)c1ccc(NS(=O)(=O)CCO)cc1C1=CCC2(CC1)CC2. The number of piperidine rings is 1. The fourth-order valence-electron chi connectivity index (χ4n) is 5.06. The summed E-state index contributed by atoms with van der Waals surface area (Å²) in [5, 5.41) is 11.8. The number of aliphatic hydroxyl groups excluding tert-OH is 1. The molecule has 204 valence electrons. The minimum Gasteiger partial charge on any atom is -0.395 e. The van der Waals surface area contributed by atoms with Crippen LogP contribution >= 0.6 is 0 Å². The molecule has 12 heteroatoms. The molecule has 5 rings (SSSR count). The molecule has 9 nitrogen and oxygen atoms in total. The number of amides is 1. The van der Waals surface area contributed by atoms with Crippen molar-refractivity contribution in [3.05, 3.63) is 47.8 Å². The van der Waals surface area contributed by atoms with Gasteiger partial charge in [-0.15, -0.1) is 0 Å². The smallest absolute Gasteiger partial charge is 0.257 e. The first-order chi connectivity index (χ1) is 18.1. The fraction of sp³-hybridized carbons (Fsp3) is 0.500. The van der Waals surface area contributed by atoms with Crippen LogP contribution in [0.3, 0.4) is 0 Å². The Kier molecular flexibility index (Phi) is 7.12. The molecule has 3 aliphatic rings. The first-order valence-corrected chi connectivity index (χ1v) is 14.4. The Labute approximate surface area is 220 Å². The normalized spacial score (nSPS) is 20.1. The number of carbonyl (C=O) groups excluding carboxylic acids is 1. The van der Waals surface area contributed by atoms with Crippen molar-refractivity contribution in [2.75, 3.05) is 40.4 Å². The Balaban J connectivity index is 1.39. The predicted molar refractivity (Wildman–Crippen MR) is 141 cm³/mol. The second-order valence-electron chi connectivity index (χ2n) is 10.4. The van der Waals surface area contributed by atoms with Gasteiger partial charge in [0.05, 0.1) is 24.8 Å². The topological polar surface area (TPSA) is 125 Å². The molecule has 1 saturated heterocycles. The first-order valence-electron chi connectivity index (χ1n) is 12.8. The van der Waals surface area contributed by atoms with E-state index in [9.17, 15) is 22.0 Å². The van der Waals surface area contributed by atoms with Gasteiger partial charge in [0.2, 0.25) is 10.0 Å². The van der Waals surface area contributed by atoms with E-state index in [1.165, 1.54) is 31.3 Å². The molecule has 1 spiro atoms. The predicted octanol–water partition coefficient (Wildman–Crippen LogP) is 4.05. The van der Waals surface area contributed by atoms with Crippen LogP contribution in [-0.2, 0) is 10.0 Å². The molecule has 0 atom stereocenters. The van der Waals surface area contributed by atoms with Crippen molar-refractivity contribution in [1.29, 1.82) is 0 Å². The number of hydrogen-bond donors (Lipinski definition) is 3. The van der Waals surface area contributed by atoms with Gasteiger partial charge < -0.3 is 15.3 Å². The van der Waals surface area contributed by atoms with Crippen LogP contribution in [0.4, 0.5) is 26.1 Å². The molecule has 1 aromatic heterocycles. The third kappa shape index (κ3) is 6.12. The maximum atomic E-state index is 13.6. The van der Waals surface area contributed by atoms with E-state index in [0.717, 1.165) is 24.8 Å². The number of nitrogens with one attached hydrogen (secondary N) is 2. The summed E-state index contributed by atoms with van der Waals surface area (Å²) in [5.41, 5.74) is 2.65. The largest absolute Gasteiger partial charge is 0.395 e. The molecular weight excluding hydrogens is 516 g/mol. The summed E-state index contributed by atoms with van der Waals surface area (Å²) in [6.45, 7) is -0.213. The summed E-state index contributed by atoms with van der Waals surface area (Å²) in [4.78, 5) is 23.7. The number of halogens is 2. The zero-order valence-corrected chi connectivity index (χ0v) is 21.7. The molecule has 2 heterocycles. The van der Waals surface area contributed by atoms with E-state index in [0.29, 0.717) is 28.0 Å². The van der Waals surface area contributed by atoms with Crippen molar-refractivity contribution < 1.29 is 27.1 Å². The Morgan fingerprint density at radius 2 is 1.87 bits per heavy atom. The maximum Gasteiger partial charge on any atom is 0.257 e. The zero-order valence-electron chi connectivity index (χ0n) is 20.9. The highest BCUT2D eigenvalue weighted by Gasteiger charge is 2.43. The number of hydrogen-bond acceptors (Lipinski definition) is 7. The summed E-state index contributed by atoms with van der Waals surface area (Å²) in [5.74, 6) is -2.94. The van der Waals surface area contributed by atoms with Gasteiger partial charge in [0.1, 0.15) is 5.82 Å². The van der Waals surface area contributed by atoms with Gasteiger partial charge in [0.25, 0.3) is 11.8 Å². The van der Waals surface area contributed by atoms with E-state index < -0.39 is 34.2 Å². The van der Waals surface area contributed by atoms with E-state index in [-0.39, 0.29) is 31.7 Å². The van der Waals surface area contributed by atoms with Crippen molar-refractivity contribution in [2.45, 2.75) is 50.9 Å². The van der Waals surface area contributed by atoms with Crippen molar-refractivity contribution in [2.24, 2.45) is 5.41 Å². The highest BCUT2D eigenvalue weighted by atomic mass is 32.2. The lowest BCUT2D eigenvalue weighted by Gasteiger charge is -2.32. The van der Waals surface area contributed by atoms with Gasteiger partial charge in [-0.1, -0.05) is 6.08 Å². The van der Waals surface area contributed by atoms with Crippen LogP contribution in [0.15, 0.2) is 36.7 Å². The molecule has 2 aromatic rings. The molecular formula is C26H31F2N5O4S. The van der Waals surface area contributed by atoms with Gasteiger partial charge in [-0.2, -0.15) is 0 Å². The standard InChI is InChI=1S/C26H31F2N5O4S/c27-26(28)9-11-33(12-10-26)23-17-29-16-22(30-23)31-24(35)20-2-1-19(32-38(36,37)14-13-34)15-21(20)18-3-5-25(6-4-18)7-8-25/h1-3,15-17,32,34H,4-14H2,(H,30,31,35). The van der Waals surface area contributed by atoms with E-state index in [1.54, 1.807) is 17.0 Å². The van der Waals surface area contributed by atoms with Crippen LogP contribution in [0.2, 0.25) is 0 Å². The molecule has 1 amide bonds. The van der Waals surface area contributed by atoms with Gasteiger partial charge in [0.15, 0.2) is 5.82 Å². The molecule has 3 N–H and O–H groups in total. The molecule has 0 unspecified atom stereocenters. The third-order valence-corrected chi connectivity index (χ3v) is 8.86. The second kappa shape index (κ2) is 10.2. The molecule has 2 aliphatic carbocycles. The minimum atomic E-state index is -3.74. The van der Waals surface area contributed by atoms with Gasteiger partial charge in [0, 0.05) is 37.2 Å². The summed E-state index contributed by atoms with van der Waals surface area (Å²) in [7, 11) is -3.74. The van der Waals surface area contributed by atoms with E-state index in [4.69, 9.17) is 5.11 Å². The summed E-state index contributed by atoms with van der Waals surface area (Å²) < 4.78 is 54.0. The summed E-state index contributed by atoms with van der Waals surface area (Å²) in [6.07, 6.45) is 9.62. The fourth-order valence-corrected chi connectivity index (χ4v) is 5.88. The Hall–Kier alpha value is -3.12. The quantitative estimate of drug-likeness (QED) is 0.456. The molecule has 1 aliphatic heterocycles. The Morgan fingerprint density at radius 3 is 2.53 bits per heavy atom. The van der Waals surface area contributed by atoms with E-state index >= 15 is 0 Å². The average Bonchev–Trinajstić information content (AvgIpc) is 3.63. The number of anilines is 3. The van der Waals surface area contributed by atoms with Gasteiger partial charge in [-0.25, -0.2) is 22.2 Å². The Morgan fingerprint density at radius 1 is 1.11 bits per heavy atom. The maximum absolute atomic E-state index is 13.6.